The molecule has 0 heterocycles. The van der Waals surface area contributed by atoms with Crippen LogP contribution in [0.1, 0.15) is 46.0 Å². The fraction of sp³-hybridized carbons (Fsp3) is 1.00. The van der Waals surface area contributed by atoms with Gasteiger partial charge in [-0.3, -0.25) is 0 Å². The van der Waals surface area contributed by atoms with Gasteiger partial charge in [0.1, 0.15) is 0 Å². The van der Waals surface area contributed by atoms with Crippen molar-refractivity contribution in [2.75, 3.05) is 26.4 Å². The third-order valence-electron chi connectivity index (χ3n) is 2.36. The van der Waals surface area contributed by atoms with Crippen LogP contribution in [-0.4, -0.2) is 32.5 Å². The van der Waals surface area contributed by atoms with Crippen molar-refractivity contribution in [3.8, 4) is 0 Å². The second-order valence-corrected chi connectivity index (χ2v) is 3.93. The highest BCUT2D eigenvalue weighted by Crippen LogP contribution is 2.07. The number of hydrogen-bond acceptors (Lipinski definition) is 3. The molecule has 0 spiro atoms. The van der Waals surface area contributed by atoms with Crippen LogP contribution in [0, 0.1) is 0 Å². The molecule has 3 heteroatoms. The lowest BCUT2D eigenvalue weighted by molar-refractivity contribution is 0.0101. The Bertz CT molecular complexity index is 120. The van der Waals surface area contributed by atoms with Gasteiger partial charge in [0, 0.05) is 6.54 Å². The highest BCUT2D eigenvalue weighted by atomic mass is 16.5. The molecule has 15 heavy (non-hydrogen) atoms. The van der Waals surface area contributed by atoms with E-state index in [0.29, 0.717) is 32.5 Å². The monoisotopic (exact) mass is 217 g/mol. The topological polar surface area (TPSA) is 44.5 Å². The molecule has 0 fully saturated rings. The first-order valence-electron chi connectivity index (χ1n) is 6.20. The van der Waals surface area contributed by atoms with Crippen molar-refractivity contribution in [2.45, 2.75) is 52.1 Å². The van der Waals surface area contributed by atoms with E-state index >= 15 is 0 Å². The van der Waals surface area contributed by atoms with Crippen LogP contribution in [0.15, 0.2) is 0 Å². The molecule has 0 aliphatic rings. The zero-order valence-electron chi connectivity index (χ0n) is 10.3. The van der Waals surface area contributed by atoms with Crippen molar-refractivity contribution < 1.29 is 9.47 Å². The van der Waals surface area contributed by atoms with E-state index in [9.17, 15) is 0 Å². The van der Waals surface area contributed by atoms with Crippen LogP contribution in [0.4, 0.5) is 0 Å². The standard InChI is InChI=1S/C12H27NO2/c1-3-4-5-6-7-12(2)15-11-10-14-9-8-13/h12H,3-11,13H2,1-2H3. The number of rotatable bonds is 11. The van der Waals surface area contributed by atoms with Crippen molar-refractivity contribution in [3.63, 3.8) is 0 Å². The lowest BCUT2D eigenvalue weighted by atomic mass is 10.1. The maximum absolute atomic E-state index is 5.60. The first kappa shape index (κ1) is 14.9. The molecular formula is C12H27NO2. The summed E-state index contributed by atoms with van der Waals surface area (Å²) in [5.74, 6) is 0. The Morgan fingerprint density at radius 3 is 2.53 bits per heavy atom. The average molecular weight is 217 g/mol. The third-order valence-corrected chi connectivity index (χ3v) is 2.36. The van der Waals surface area contributed by atoms with Crippen LogP contribution < -0.4 is 5.73 Å². The molecule has 0 saturated heterocycles. The average Bonchev–Trinajstić information content (AvgIpc) is 2.24. The van der Waals surface area contributed by atoms with E-state index in [2.05, 4.69) is 13.8 Å². The van der Waals surface area contributed by atoms with Gasteiger partial charge in [0.25, 0.3) is 0 Å². The van der Waals surface area contributed by atoms with E-state index in [1.54, 1.807) is 0 Å². The minimum absolute atomic E-state index is 0.364. The molecule has 3 nitrogen and oxygen atoms in total. The Kier molecular flexibility index (Phi) is 11.9. The summed E-state index contributed by atoms with van der Waals surface area (Å²) in [5, 5.41) is 0. The summed E-state index contributed by atoms with van der Waals surface area (Å²) in [7, 11) is 0. The quantitative estimate of drug-likeness (QED) is 0.540. The molecule has 92 valence electrons. The molecule has 0 aromatic heterocycles. The normalized spacial score (nSPS) is 13.0. The number of hydrogen-bond donors (Lipinski definition) is 1. The first-order chi connectivity index (χ1) is 7.31. The smallest absolute Gasteiger partial charge is 0.0704 e. The molecule has 0 aromatic rings. The molecule has 0 aromatic carbocycles. The largest absolute Gasteiger partial charge is 0.378 e. The fourth-order valence-electron chi connectivity index (χ4n) is 1.44. The second kappa shape index (κ2) is 12.0. The Hall–Kier alpha value is -0.120. The van der Waals surface area contributed by atoms with Crippen molar-refractivity contribution >= 4 is 0 Å². The van der Waals surface area contributed by atoms with Gasteiger partial charge in [-0.15, -0.1) is 0 Å². The Morgan fingerprint density at radius 2 is 1.87 bits per heavy atom. The Labute approximate surface area is 94.3 Å². The second-order valence-electron chi connectivity index (χ2n) is 3.93. The van der Waals surface area contributed by atoms with Crippen LogP contribution >= 0.6 is 0 Å². The van der Waals surface area contributed by atoms with Crippen molar-refractivity contribution in [1.29, 1.82) is 0 Å². The summed E-state index contributed by atoms with van der Waals surface area (Å²) in [6.45, 7) is 6.94. The molecule has 1 unspecified atom stereocenters. The van der Waals surface area contributed by atoms with Crippen molar-refractivity contribution in [2.24, 2.45) is 5.73 Å². The number of nitrogens with two attached hydrogens (primary N) is 1. The van der Waals surface area contributed by atoms with Crippen LogP contribution in [0.2, 0.25) is 0 Å². The van der Waals surface area contributed by atoms with Crippen LogP contribution in [0.5, 0.6) is 0 Å². The van der Waals surface area contributed by atoms with Crippen molar-refractivity contribution in [3.05, 3.63) is 0 Å². The van der Waals surface area contributed by atoms with Gasteiger partial charge in [-0.25, -0.2) is 0 Å². The number of ether oxygens (including phenoxy) is 2. The fourth-order valence-corrected chi connectivity index (χ4v) is 1.44. The highest BCUT2D eigenvalue weighted by Gasteiger charge is 2.01. The third kappa shape index (κ3) is 11.8. The summed E-state index contributed by atoms with van der Waals surface area (Å²) in [5.41, 5.74) is 5.30. The molecule has 1 atom stereocenters. The maximum atomic E-state index is 5.60. The number of unbranched alkanes of at least 4 members (excludes halogenated alkanes) is 3. The van der Waals surface area contributed by atoms with Gasteiger partial charge < -0.3 is 15.2 Å². The molecule has 2 N–H and O–H groups in total. The van der Waals surface area contributed by atoms with Crippen LogP contribution in [0.3, 0.4) is 0 Å². The molecule has 0 radical (unpaired) electrons. The predicted molar refractivity (Wildman–Crippen MR) is 64.0 cm³/mol. The van der Waals surface area contributed by atoms with Gasteiger partial charge in [0.2, 0.25) is 0 Å². The lowest BCUT2D eigenvalue weighted by Crippen LogP contribution is -2.15. The summed E-state index contributed by atoms with van der Waals surface area (Å²) < 4.78 is 10.8. The molecule has 0 saturated carbocycles. The van der Waals surface area contributed by atoms with Crippen molar-refractivity contribution in [1.82, 2.24) is 0 Å². The van der Waals surface area contributed by atoms with E-state index in [4.69, 9.17) is 15.2 Å². The van der Waals surface area contributed by atoms with E-state index in [-0.39, 0.29) is 0 Å². The van der Waals surface area contributed by atoms with E-state index < -0.39 is 0 Å². The van der Waals surface area contributed by atoms with Crippen LogP contribution in [-0.2, 0) is 9.47 Å². The summed E-state index contributed by atoms with van der Waals surface area (Å²) in [6, 6.07) is 0. The molecule has 0 aliphatic heterocycles. The SMILES string of the molecule is CCCCCCC(C)OCCOCCN. The lowest BCUT2D eigenvalue weighted by Gasteiger charge is -2.12. The minimum Gasteiger partial charge on any atom is -0.378 e. The Morgan fingerprint density at radius 1 is 1.07 bits per heavy atom. The van der Waals surface area contributed by atoms with Crippen LogP contribution in [0.25, 0.3) is 0 Å². The van der Waals surface area contributed by atoms with E-state index in [0.717, 1.165) is 6.42 Å². The van der Waals surface area contributed by atoms with Gasteiger partial charge in [-0.1, -0.05) is 32.6 Å². The zero-order valence-corrected chi connectivity index (χ0v) is 10.3. The molecule has 0 amide bonds. The first-order valence-corrected chi connectivity index (χ1v) is 6.20. The molecule has 0 aliphatic carbocycles. The molecular weight excluding hydrogens is 190 g/mol. The van der Waals surface area contributed by atoms with E-state index in [1.807, 2.05) is 0 Å². The van der Waals surface area contributed by atoms with Gasteiger partial charge in [0.15, 0.2) is 0 Å². The van der Waals surface area contributed by atoms with E-state index in [1.165, 1.54) is 25.7 Å². The molecule has 0 rings (SSSR count). The van der Waals surface area contributed by atoms with Gasteiger partial charge in [-0.2, -0.15) is 0 Å². The van der Waals surface area contributed by atoms with Gasteiger partial charge >= 0.3 is 0 Å². The van der Waals surface area contributed by atoms with Gasteiger partial charge in [0.05, 0.1) is 25.9 Å². The summed E-state index contributed by atoms with van der Waals surface area (Å²) in [4.78, 5) is 0. The Balaban J connectivity index is 3.08. The zero-order chi connectivity index (χ0) is 11.4. The highest BCUT2D eigenvalue weighted by molar-refractivity contribution is 4.51. The predicted octanol–water partition coefficient (Wildman–Crippen LogP) is 2.34. The minimum atomic E-state index is 0.364. The maximum Gasteiger partial charge on any atom is 0.0704 e. The molecule has 0 bridgehead atoms. The summed E-state index contributed by atoms with van der Waals surface area (Å²) in [6.07, 6.45) is 6.76. The summed E-state index contributed by atoms with van der Waals surface area (Å²) >= 11 is 0. The van der Waals surface area contributed by atoms with Gasteiger partial charge in [-0.05, 0) is 13.3 Å².